The minimum absolute atomic E-state index is 0.149. The molecule has 0 bridgehead atoms. The average Bonchev–Trinajstić information content (AvgIpc) is 2.10. The summed E-state index contributed by atoms with van der Waals surface area (Å²) in [6.07, 6.45) is 1.85. The van der Waals surface area contributed by atoms with Crippen LogP contribution in [-0.2, 0) is 9.53 Å². The molecule has 0 aromatic carbocycles. The number of methoxy groups -OCH3 is 1. The van der Waals surface area contributed by atoms with Crippen molar-refractivity contribution in [2.24, 2.45) is 17.8 Å². The third kappa shape index (κ3) is 5.38. The zero-order valence-corrected chi connectivity index (χ0v) is 10.2. The Hall–Kier alpha value is -0.370. The van der Waals surface area contributed by atoms with E-state index in [1.165, 1.54) is 0 Å². The number of hydrogen-bond acceptors (Lipinski definition) is 2. The van der Waals surface area contributed by atoms with E-state index in [1.54, 1.807) is 7.11 Å². The lowest BCUT2D eigenvalue weighted by atomic mass is 9.86. The van der Waals surface area contributed by atoms with Crippen LogP contribution in [0, 0.1) is 17.8 Å². The van der Waals surface area contributed by atoms with Gasteiger partial charge in [-0.1, -0.05) is 27.7 Å². The van der Waals surface area contributed by atoms with Crippen molar-refractivity contribution in [1.29, 1.82) is 0 Å². The smallest absolute Gasteiger partial charge is 0.138 e. The highest BCUT2D eigenvalue weighted by Gasteiger charge is 2.21. The maximum Gasteiger partial charge on any atom is 0.138 e. The van der Waals surface area contributed by atoms with Crippen molar-refractivity contribution >= 4 is 5.78 Å². The van der Waals surface area contributed by atoms with Gasteiger partial charge in [0.15, 0.2) is 0 Å². The molecular formula is C12H24O2. The fraction of sp³-hybridized carbons (Fsp3) is 0.917. The molecule has 2 nitrogen and oxygen atoms in total. The highest BCUT2D eigenvalue weighted by atomic mass is 16.5. The largest absolute Gasteiger partial charge is 0.385 e. The van der Waals surface area contributed by atoms with Crippen LogP contribution in [0.25, 0.3) is 0 Å². The van der Waals surface area contributed by atoms with Crippen LogP contribution in [0.2, 0.25) is 0 Å². The number of hydrogen-bond donors (Lipinski definition) is 0. The molecule has 0 aliphatic rings. The van der Waals surface area contributed by atoms with Crippen molar-refractivity contribution < 1.29 is 9.53 Å². The van der Waals surface area contributed by atoms with Gasteiger partial charge in [0, 0.05) is 25.6 Å². The zero-order chi connectivity index (χ0) is 11.1. The van der Waals surface area contributed by atoms with Gasteiger partial charge in [0.05, 0.1) is 0 Å². The monoisotopic (exact) mass is 200 g/mol. The second kappa shape index (κ2) is 6.99. The summed E-state index contributed by atoms with van der Waals surface area (Å²) in [5.41, 5.74) is 0. The summed E-state index contributed by atoms with van der Waals surface area (Å²) in [4.78, 5) is 11.8. The van der Waals surface area contributed by atoms with Crippen LogP contribution in [-0.4, -0.2) is 19.5 Å². The molecule has 0 aromatic rings. The number of Topliss-reactive ketones (excluding diaryl/α,β-unsaturated/α-hetero) is 1. The van der Waals surface area contributed by atoms with Crippen LogP contribution in [0.5, 0.6) is 0 Å². The molecule has 0 spiro atoms. The summed E-state index contributed by atoms with van der Waals surface area (Å²) >= 11 is 0. The van der Waals surface area contributed by atoms with Crippen molar-refractivity contribution in [3.8, 4) is 0 Å². The van der Waals surface area contributed by atoms with Crippen molar-refractivity contribution in [1.82, 2.24) is 0 Å². The fourth-order valence-corrected chi connectivity index (χ4v) is 1.68. The van der Waals surface area contributed by atoms with Crippen molar-refractivity contribution in [3.05, 3.63) is 0 Å². The highest BCUT2D eigenvalue weighted by Crippen LogP contribution is 2.20. The summed E-state index contributed by atoms with van der Waals surface area (Å²) in [7, 11) is 1.69. The molecule has 0 N–H and O–H groups in total. The lowest BCUT2D eigenvalue weighted by Crippen LogP contribution is -2.22. The second-order valence-electron chi connectivity index (χ2n) is 4.67. The van der Waals surface area contributed by atoms with Crippen LogP contribution < -0.4 is 0 Å². The van der Waals surface area contributed by atoms with Crippen molar-refractivity contribution in [3.63, 3.8) is 0 Å². The Morgan fingerprint density at radius 2 is 1.79 bits per heavy atom. The third-order valence-corrected chi connectivity index (χ3v) is 2.40. The molecule has 0 unspecified atom stereocenters. The van der Waals surface area contributed by atoms with Crippen molar-refractivity contribution in [2.75, 3.05) is 13.7 Å². The van der Waals surface area contributed by atoms with E-state index in [-0.39, 0.29) is 11.8 Å². The van der Waals surface area contributed by atoms with Crippen LogP contribution in [0.1, 0.15) is 40.5 Å². The van der Waals surface area contributed by atoms with Gasteiger partial charge in [0.1, 0.15) is 5.78 Å². The standard InChI is InChI=1S/C12H24O2/c1-9(2)8-11(6-7-14-5)12(13)10(3)4/h9-11H,6-8H2,1-5H3/t11-/m0/s1. The molecule has 0 aromatic heterocycles. The molecule has 2 heteroatoms. The van der Waals surface area contributed by atoms with Gasteiger partial charge in [-0.3, -0.25) is 4.79 Å². The van der Waals surface area contributed by atoms with Gasteiger partial charge in [-0.05, 0) is 18.8 Å². The average molecular weight is 200 g/mol. The number of carbonyl (C=O) groups is 1. The quantitative estimate of drug-likeness (QED) is 0.631. The summed E-state index contributed by atoms with van der Waals surface area (Å²) in [5.74, 6) is 1.31. The predicted molar refractivity (Wildman–Crippen MR) is 59.3 cm³/mol. The first-order valence-electron chi connectivity index (χ1n) is 5.51. The number of carbonyl (C=O) groups excluding carboxylic acids is 1. The van der Waals surface area contributed by atoms with E-state index in [2.05, 4.69) is 13.8 Å². The zero-order valence-electron chi connectivity index (χ0n) is 10.2. The van der Waals surface area contributed by atoms with Crippen LogP contribution in [0.15, 0.2) is 0 Å². The first-order valence-corrected chi connectivity index (χ1v) is 5.51. The number of ether oxygens (including phenoxy) is 1. The minimum Gasteiger partial charge on any atom is -0.385 e. The molecule has 0 saturated carbocycles. The molecule has 84 valence electrons. The Balaban J connectivity index is 4.15. The SMILES string of the molecule is COCC[C@@H](CC(C)C)C(=O)C(C)C. The topological polar surface area (TPSA) is 26.3 Å². The minimum atomic E-state index is 0.149. The van der Waals surface area contributed by atoms with Gasteiger partial charge in [0.2, 0.25) is 0 Å². The summed E-state index contributed by atoms with van der Waals surface area (Å²) < 4.78 is 5.03. The molecule has 0 heterocycles. The molecule has 0 saturated heterocycles. The first kappa shape index (κ1) is 13.6. The molecular weight excluding hydrogens is 176 g/mol. The summed E-state index contributed by atoms with van der Waals surface area (Å²) in [5, 5.41) is 0. The van der Waals surface area contributed by atoms with E-state index in [9.17, 15) is 4.79 Å². The molecule has 0 fully saturated rings. The van der Waals surface area contributed by atoms with E-state index >= 15 is 0 Å². The maximum atomic E-state index is 11.8. The van der Waals surface area contributed by atoms with Crippen LogP contribution >= 0.6 is 0 Å². The molecule has 0 aliphatic carbocycles. The van der Waals surface area contributed by atoms with Gasteiger partial charge in [0.25, 0.3) is 0 Å². The molecule has 0 amide bonds. The summed E-state index contributed by atoms with van der Waals surface area (Å²) in [6, 6.07) is 0. The molecule has 0 radical (unpaired) electrons. The van der Waals surface area contributed by atoms with E-state index in [0.717, 1.165) is 12.8 Å². The first-order chi connectivity index (χ1) is 6.49. The molecule has 0 aliphatic heterocycles. The van der Waals surface area contributed by atoms with Crippen LogP contribution in [0.4, 0.5) is 0 Å². The Bertz CT molecular complexity index is 162. The number of rotatable bonds is 7. The van der Waals surface area contributed by atoms with Gasteiger partial charge in [-0.2, -0.15) is 0 Å². The Kier molecular flexibility index (Phi) is 6.81. The molecule has 1 atom stereocenters. The Morgan fingerprint density at radius 3 is 2.14 bits per heavy atom. The van der Waals surface area contributed by atoms with Crippen LogP contribution in [0.3, 0.4) is 0 Å². The predicted octanol–water partition coefficient (Wildman–Crippen LogP) is 2.91. The molecule has 14 heavy (non-hydrogen) atoms. The highest BCUT2D eigenvalue weighted by molar-refractivity contribution is 5.82. The maximum absolute atomic E-state index is 11.8. The van der Waals surface area contributed by atoms with Gasteiger partial charge in [-0.25, -0.2) is 0 Å². The van der Waals surface area contributed by atoms with Gasteiger partial charge >= 0.3 is 0 Å². The Morgan fingerprint density at radius 1 is 1.21 bits per heavy atom. The van der Waals surface area contributed by atoms with E-state index in [1.807, 2.05) is 13.8 Å². The van der Waals surface area contributed by atoms with Crippen molar-refractivity contribution in [2.45, 2.75) is 40.5 Å². The lowest BCUT2D eigenvalue weighted by molar-refractivity contribution is -0.126. The third-order valence-electron chi connectivity index (χ3n) is 2.40. The number of ketones is 1. The normalized spacial score (nSPS) is 13.6. The Labute approximate surface area is 88.0 Å². The van der Waals surface area contributed by atoms with E-state index < -0.39 is 0 Å². The van der Waals surface area contributed by atoms with E-state index in [0.29, 0.717) is 18.3 Å². The lowest BCUT2D eigenvalue weighted by Gasteiger charge is -2.19. The second-order valence-corrected chi connectivity index (χ2v) is 4.67. The molecule has 0 rings (SSSR count). The summed E-state index contributed by atoms with van der Waals surface area (Å²) in [6.45, 7) is 8.96. The fourth-order valence-electron chi connectivity index (χ4n) is 1.68. The van der Waals surface area contributed by atoms with Gasteiger partial charge in [-0.15, -0.1) is 0 Å². The van der Waals surface area contributed by atoms with Gasteiger partial charge < -0.3 is 4.74 Å². The van der Waals surface area contributed by atoms with E-state index in [4.69, 9.17) is 4.74 Å².